The van der Waals surface area contributed by atoms with Crippen LogP contribution in [-0.2, 0) is 11.2 Å². The standard InChI is InChI=1S/C21H30N4OS/c1-15-6-8-17(9-7-15)20-18(5-4-12-26-20)13-24-21(22-3)23-11-10-19-14-27-16(2)25-19/h6-9,14,18,20H,4-5,10-13H2,1-3H3,(H2,22,23,24). The van der Waals surface area contributed by atoms with Crippen molar-refractivity contribution in [1.29, 1.82) is 0 Å². The van der Waals surface area contributed by atoms with Gasteiger partial charge in [0.1, 0.15) is 0 Å². The highest BCUT2D eigenvalue weighted by molar-refractivity contribution is 7.09. The van der Waals surface area contributed by atoms with Gasteiger partial charge in [0.25, 0.3) is 0 Å². The molecule has 2 heterocycles. The number of aromatic nitrogens is 1. The summed E-state index contributed by atoms with van der Waals surface area (Å²) in [5.41, 5.74) is 3.69. The fraction of sp³-hybridized carbons (Fsp3) is 0.524. The Morgan fingerprint density at radius 3 is 2.78 bits per heavy atom. The topological polar surface area (TPSA) is 58.5 Å². The molecule has 0 saturated carbocycles. The largest absolute Gasteiger partial charge is 0.373 e. The molecule has 1 fully saturated rings. The lowest BCUT2D eigenvalue weighted by Gasteiger charge is -2.32. The zero-order valence-corrected chi connectivity index (χ0v) is 17.3. The summed E-state index contributed by atoms with van der Waals surface area (Å²) in [6.07, 6.45) is 3.34. The van der Waals surface area contributed by atoms with Gasteiger partial charge in [0, 0.05) is 44.5 Å². The number of benzene rings is 1. The first-order valence-corrected chi connectivity index (χ1v) is 10.6. The molecule has 2 N–H and O–H groups in total. The van der Waals surface area contributed by atoms with Gasteiger partial charge >= 0.3 is 0 Å². The molecule has 146 valence electrons. The molecule has 0 radical (unpaired) electrons. The molecule has 2 aromatic rings. The second kappa shape index (κ2) is 9.85. The third-order valence-corrected chi connectivity index (χ3v) is 5.77. The number of hydrogen-bond acceptors (Lipinski definition) is 4. The summed E-state index contributed by atoms with van der Waals surface area (Å²) in [6.45, 7) is 6.68. The van der Waals surface area contributed by atoms with Gasteiger partial charge in [-0.05, 0) is 32.3 Å². The molecule has 2 unspecified atom stereocenters. The van der Waals surface area contributed by atoms with Crippen LogP contribution in [0.15, 0.2) is 34.6 Å². The van der Waals surface area contributed by atoms with Crippen molar-refractivity contribution >= 4 is 17.3 Å². The zero-order valence-electron chi connectivity index (χ0n) is 16.5. The summed E-state index contributed by atoms with van der Waals surface area (Å²) in [6, 6.07) is 8.72. The third kappa shape index (κ3) is 5.78. The Kier molecular flexibility index (Phi) is 7.24. The minimum absolute atomic E-state index is 0.155. The number of rotatable bonds is 6. The van der Waals surface area contributed by atoms with Crippen LogP contribution >= 0.6 is 11.3 Å². The van der Waals surface area contributed by atoms with Crippen LogP contribution in [0.2, 0.25) is 0 Å². The van der Waals surface area contributed by atoms with Gasteiger partial charge in [0.2, 0.25) is 0 Å². The molecule has 1 aromatic carbocycles. The third-order valence-electron chi connectivity index (χ3n) is 4.95. The predicted molar refractivity (Wildman–Crippen MR) is 113 cm³/mol. The van der Waals surface area contributed by atoms with Crippen molar-refractivity contribution in [2.45, 2.75) is 39.2 Å². The normalized spacial score (nSPS) is 20.5. The molecule has 1 saturated heterocycles. The molecular formula is C21H30N4OS. The molecule has 0 bridgehead atoms. The smallest absolute Gasteiger partial charge is 0.191 e. The van der Waals surface area contributed by atoms with Crippen LogP contribution < -0.4 is 10.6 Å². The molecular weight excluding hydrogens is 356 g/mol. The maximum atomic E-state index is 6.12. The van der Waals surface area contributed by atoms with E-state index in [9.17, 15) is 0 Å². The van der Waals surface area contributed by atoms with Gasteiger partial charge in [-0.1, -0.05) is 29.8 Å². The Balaban J connectivity index is 1.50. The second-order valence-electron chi connectivity index (χ2n) is 7.09. The van der Waals surface area contributed by atoms with Crippen molar-refractivity contribution in [1.82, 2.24) is 15.6 Å². The molecule has 5 nitrogen and oxygen atoms in total. The van der Waals surface area contributed by atoms with E-state index >= 15 is 0 Å². The van der Waals surface area contributed by atoms with Gasteiger partial charge in [0.15, 0.2) is 5.96 Å². The lowest BCUT2D eigenvalue weighted by atomic mass is 9.89. The van der Waals surface area contributed by atoms with Crippen molar-refractivity contribution in [3.63, 3.8) is 0 Å². The number of hydrogen-bond donors (Lipinski definition) is 2. The number of guanidine groups is 1. The molecule has 27 heavy (non-hydrogen) atoms. The minimum atomic E-state index is 0.155. The van der Waals surface area contributed by atoms with Gasteiger partial charge in [-0.25, -0.2) is 4.98 Å². The van der Waals surface area contributed by atoms with Gasteiger partial charge in [0.05, 0.1) is 16.8 Å². The number of ether oxygens (including phenoxy) is 1. The van der Waals surface area contributed by atoms with E-state index in [1.807, 2.05) is 14.0 Å². The van der Waals surface area contributed by atoms with E-state index in [0.717, 1.165) is 49.2 Å². The SMILES string of the molecule is CN=C(NCCc1csc(C)n1)NCC1CCCOC1c1ccc(C)cc1. The van der Waals surface area contributed by atoms with Crippen LogP contribution in [0, 0.1) is 19.8 Å². The highest BCUT2D eigenvalue weighted by Gasteiger charge is 2.27. The van der Waals surface area contributed by atoms with Gasteiger partial charge in [-0.2, -0.15) is 0 Å². The molecule has 0 spiro atoms. The van der Waals surface area contributed by atoms with Crippen molar-refractivity contribution in [3.8, 4) is 0 Å². The van der Waals surface area contributed by atoms with Crippen molar-refractivity contribution in [2.24, 2.45) is 10.9 Å². The fourth-order valence-corrected chi connectivity index (χ4v) is 4.10. The minimum Gasteiger partial charge on any atom is -0.373 e. The van der Waals surface area contributed by atoms with Crippen molar-refractivity contribution in [3.05, 3.63) is 51.5 Å². The summed E-state index contributed by atoms with van der Waals surface area (Å²) in [5, 5.41) is 10.1. The van der Waals surface area contributed by atoms with Crippen molar-refractivity contribution in [2.75, 3.05) is 26.7 Å². The first kappa shape index (κ1) is 19.8. The average Bonchev–Trinajstić information content (AvgIpc) is 3.10. The van der Waals surface area contributed by atoms with Gasteiger partial charge in [-0.15, -0.1) is 11.3 Å². The summed E-state index contributed by atoms with van der Waals surface area (Å²) in [5.74, 6) is 1.29. The summed E-state index contributed by atoms with van der Waals surface area (Å²) < 4.78 is 6.12. The van der Waals surface area contributed by atoms with E-state index < -0.39 is 0 Å². The highest BCUT2D eigenvalue weighted by atomic mass is 32.1. The summed E-state index contributed by atoms with van der Waals surface area (Å²) >= 11 is 1.70. The number of nitrogens with one attached hydrogen (secondary N) is 2. The Hall–Kier alpha value is -1.92. The lowest BCUT2D eigenvalue weighted by molar-refractivity contribution is -0.0265. The van der Waals surface area contributed by atoms with Crippen LogP contribution in [-0.4, -0.2) is 37.7 Å². The van der Waals surface area contributed by atoms with E-state index in [0.29, 0.717) is 5.92 Å². The zero-order chi connectivity index (χ0) is 19.1. The molecule has 3 rings (SSSR count). The van der Waals surface area contributed by atoms with Crippen LogP contribution in [0.4, 0.5) is 0 Å². The predicted octanol–water partition coefficient (Wildman–Crippen LogP) is 3.64. The number of nitrogens with zero attached hydrogens (tertiary/aromatic N) is 2. The van der Waals surface area contributed by atoms with Crippen LogP contribution in [0.3, 0.4) is 0 Å². The summed E-state index contributed by atoms with van der Waals surface area (Å²) in [7, 11) is 1.82. The first-order chi connectivity index (χ1) is 13.2. The average molecular weight is 387 g/mol. The maximum absolute atomic E-state index is 6.12. The van der Waals surface area contributed by atoms with Gasteiger partial charge in [-0.3, -0.25) is 4.99 Å². The van der Waals surface area contributed by atoms with E-state index in [-0.39, 0.29) is 6.10 Å². The number of thiazole rings is 1. The highest BCUT2D eigenvalue weighted by Crippen LogP contribution is 2.33. The van der Waals surface area contributed by atoms with Crippen LogP contribution in [0.5, 0.6) is 0 Å². The van der Waals surface area contributed by atoms with E-state index in [1.165, 1.54) is 17.5 Å². The van der Waals surface area contributed by atoms with Crippen LogP contribution in [0.1, 0.15) is 40.8 Å². The van der Waals surface area contributed by atoms with Gasteiger partial charge < -0.3 is 15.4 Å². The molecule has 1 aliphatic rings. The van der Waals surface area contributed by atoms with E-state index in [4.69, 9.17) is 4.74 Å². The second-order valence-corrected chi connectivity index (χ2v) is 8.15. The maximum Gasteiger partial charge on any atom is 0.191 e. The fourth-order valence-electron chi connectivity index (χ4n) is 3.46. The molecule has 0 aliphatic carbocycles. The Morgan fingerprint density at radius 1 is 1.26 bits per heavy atom. The monoisotopic (exact) mass is 386 g/mol. The molecule has 1 aromatic heterocycles. The Labute approximate surface area is 166 Å². The first-order valence-electron chi connectivity index (χ1n) is 9.69. The van der Waals surface area contributed by atoms with Crippen LogP contribution in [0.25, 0.3) is 0 Å². The van der Waals surface area contributed by atoms with Crippen molar-refractivity contribution < 1.29 is 4.74 Å². The summed E-state index contributed by atoms with van der Waals surface area (Å²) in [4.78, 5) is 8.86. The lowest BCUT2D eigenvalue weighted by Crippen LogP contribution is -2.42. The Bertz CT molecular complexity index is 741. The van der Waals surface area contributed by atoms with E-state index in [2.05, 4.69) is 57.2 Å². The number of aryl methyl sites for hydroxylation is 2. The van der Waals surface area contributed by atoms with E-state index in [1.54, 1.807) is 11.3 Å². The molecule has 0 amide bonds. The molecule has 2 atom stereocenters. The number of aliphatic imine (C=N–C) groups is 1. The molecule has 1 aliphatic heterocycles. The molecule has 6 heteroatoms. The Morgan fingerprint density at radius 2 is 2.07 bits per heavy atom. The quantitative estimate of drug-likeness (QED) is 0.588.